The van der Waals surface area contributed by atoms with Crippen LogP contribution in [0.3, 0.4) is 0 Å². The number of phenols is 1. The van der Waals surface area contributed by atoms with Crippen LogP contribution in [0.25, 0.3) is 0 Å². The van der Waals surface area contributed by atoms with Gasteiger partial charge in [0.1, 0.15) is 59.6 Å². The minimum atomic E-state index is -4.14. The topological polar surface area (TPSA) is 427 Å². The van der Waals surface area contributed by atoms with Crippen LogP contribution in [0.15, 0.2) is 53.4 Å². The number of phenolic OH excluding ortho intramolecular Hbond substituents is 1. The van der Waals surface area contributed by atoms with Crippen LogP contribution >= 0.6 is 0 Å². The molecule has 29 heteroatoms. The number of carboxylic acids is 1. The van der Waals surface area contributed by atoms with Crippen molar-refractivity contribution in [2.75, 3.05) is 60.0 Å². The average Bonchev–Trinajstić information content (AvgIpc) is 4.42. The number of aliphatic carboxylic acids is 1. The highest BCUT2D eigenvalue weighted by Gasteiger charge is 2.54. The van der Waals surface area contributed by atoms with E-state index in [-0.39, 0.29) is 82.1 Å². The zero-order valence-electron chi connectivity index (χ0n) is 47.1. The molecule has 1 aliphatic carbocycles. The van der Waals surface area contributed by atoms with E-state index < -0.39 is 151 Å². The van der Waals surface area contributed by atoms with Crippen LogP contribution in [-0.4, -0.2) is 190 Å². The van der Waals surface area contributed by atoms with Gasteiger partial charge in [-0.05, 0) is 94.0 Å². The summed E-state index contributed by atoms with van der Waals surface area (Å²) in [5.74, 6) is -10.5. The molecule has 9 amide bonds. The minimum Gasteiger partial charge on any atom is -0.508 e. The lowest BCUT2D eigenvalue weighted by atomic mass is 9.97. The molecular weight excluding hydrogens is 1100 g/mol. The molecule has 4 aliphatic rings. The predicted octanol–water partition coefficient (Wildman–Crippen LogP) is -3.96. The molecule has 28 nitrogen and oxygen atoms in total. The Labute approximate surface area is 481 Å². The van der Waals surface area contributed by atoms with Crippen molar-refractivity contribution in [1.82, 2.24) is 53.2 Å². The highest BCUT2D eigenvalue weighted by atomic mass is 32.2. The number of likely N-dealkylation sites (tertiary alicyclic amines) is 1. The lowest BCUT2D eigenvalue weighted by Gasteiger charge is -2.29. The van der Waals surface area contributed by atoms with Crippen molar-refractivity contribution in [1.29, 1.82) is 0 Å². The Morgan fingerprint density at radius 3 is 1.75 bits per heavy atom. The fraction of sp³-hybridized carbons (Fsp3) is 0.593. The number of rotatable bonds is 28. The van der Waals surface area contributed by atoms with E-state index in [1.807, 2.05) is 0 Å². The number of sulfonamides is 1. The van der Waals surface area contributed by atoms with Crippen LogP contribution in [0.5, 0.6) is 11.5 Å². The Hall–Kier alpha value is -7.47. The molecule has 83 heavy (non-hydrogen) atoms. The fourth-order valence-electron chi connectivity index (χ4n) is 11.1. The van der Waals surface area contributed by atoms with Gasteiger partial charge in [0, 0.05) is 52.0 Å². The summed E-state index contributed by atoms with van der Waals surface area (Å²) in [7, 11) is -1.24. The number of carbonyl (C=O) groups excluding carboxylic acids is 9. The molecule has 0 radical (unpaired) electrons. The molecule has 0 spiro atoms. The summed E-state index contributed by atoms with van der Waals surface area (Å²) in [6, 6.07) is 3.54. The van der Waals surface area contributed by atoms with Gasteiger partial charge in [0.2, 0.25) is 53.2 Å². The van der Waals surface area contributed by atoms with Crippen LogP contribution in [0.4, 0.5) is 0 Å². The van der Waals surface area contributed by atoms with Crippen LogP contribution < -0.4 is 69.4 Å². The molecule has 456 valence electrons. The highest BCUT2D eigenvalue weighted by Crippen LogP contribution is 2.33. The number of benzene rings is 2. The molecule has 2 aromatic rings. The van der Waals surface area contributed by atoms with Gasteiger partial charge in [-0.15, -0.1) is 0 Å². The van der Waals surface area contributed by atoms with Crippen molar-refractivity contribution >= 4 is 69.2 Å². The molecule has 0 aromatic heterocycles. The maximum atomic E-state index is 14.4. The number of hydrogen-bond acceptors (Lipinski definition) is 17. The molecule has 16 N–H and O–H groups in total. The molecule has 6 rings (SSSR count). The maximum Gasteiger partial charge on any atom is 0.327 e. The molecule has 3 saturated heterocycles. The quantitative estimate of drug-likeness (QED) is 0.0286. The maximum absolute atomic E-state index is 14.4. The minimum absolute atomic E-state index is 0.0227. The summed E-state index contributed by atoms with van der Waals surface area (Å²) in [6.07, 6.45) is 1.19. The van der Waals surface area contributed by atoms with Gasteiger partial charge in [0.15, 0.2) is 0 Å². The van der Waals surface area contributed by atoms with Crippen LogP contribution in [0.2, 0.25) is 0 Å². The first-order valence-corrected chi connectivity index (χ1v) is 29.3. The molecule has 2 aromatic carbocycles. The predicted molar refractivity (Wildman–Crippen MR) is 297 cm³/mol. The first-order chi connectivity index (χ1) is 39.3. The Morgan fingerprint density at radius 1 is 0.663 bits per heavy atom. The van der Waals surface area contributed by atoms with Crippen molar-refractivity contribution in [3.63, 3.8) is 0 Å². The smallest absolute Gasteiger partial charge is 0.327 e. The van der Waals surface area contributed by atoms with E-state index in [2.05, 4.69) is 53.2 Å². The second kappa shape index (κ2) is 29.2. The first-order valence-electron chi connectivity index (χ1n) is 27.9. The van der Waals surface area contributed by atoms with Gasteiger partial charge in [-0.1, -0.05) is 18.6 Å². The van der Waals surface area contributed by atoms with Gasteiger partial charge in [-0.2, -0.15) is 8.42 Å². The fourth-order valence-corrected chi connectivity index (χ4v) is 12.8. The molecule has 13 atom stereocenters. The number of nitrogens with two attached hydrogens (primary N) is 2. The average molecular weight is 1180 g/mol. The molecule has 3 heterocycles. The van der Waals surface area contributed by atoms with Gasteiger partial charge in [0.25, 0.3) is 0 Å². The Kier molecular flexibility index (Phi) is 22.7. The third kappa shape index (κ3) is 17.1. The number of quaternary nitrogens is 1. The standard InChI is InChI=1S/C54H79N13O15S/c1-29(47(56)72)59-49(74)36-23-57-25-43(36)66-53(78)41(19-20-46(70)71)63-48(73)35-8-7-10-39(35)61-54(79)42(22-31-11-13-32(69)14-12-31)64-50(75)37-24-58-26-44(37)65-52(77)40(9-5-6-21-55)62-51(76)38-27-67(3,28-45(38)60-30(2)68)83(80,81)34-17-15-33(82-4)16-18-34/h11-18,29,35-45,57-58H,5-10,19-28,55H2,1-4H3,(H11-,56,59,60,61,62,63,64,65,66,68,69,70,71,72,73,74,75,76,77,78,79)/p+1/t29-,35?,36?,37?,38?,39?,40-,41-,42-,43?,44?,45?,67?/m1/s1. The van der Waals surface area contributed by atoms with E-state index in [0.717, 1.165) is 0 Å². The van der Waals surface area contributed by atoms with E-state index >= 15 is 0 Å². The van der Waals surface area contributed by atoms with Crippen LogP contribution in [-0.2, 0) is 64.4 Å². The number of likely N-dealkylation sites (N-methyl/N-ethyl adjacent to an activating group) is 1. The van der Waals surface area contributed by atoms with E-state index in [1.54, 1.807) is 12.1 Å². The van der Waals surface area contributed by atoms with Crippen molar-refractivity contribution in [3.05, 3.63) is 54.1 Å². The van der Waals surface area contributed by atoms with Gasteiger partial charge in [-0.3, -0.25) is 47.9 Å². The second-order valence-electron chi connectivity index (χ2n) is 22.0. The number of ether oxygens (including phenoxy) is 1. The summed E-state index contributed by atoms with van der Waals surface area (Å²) in [4.78, 5) is 134. The van der Waals surface area contributed by atoms with Crippen molar-refractivity contribution in [2.24, 2.45) is 35.1 Å². The molecule has 3 aliphatic heterocycles. The lowest BCUT2D eigenvalue weighted by molar-refractivity contribution is -0.772. The summed E-state index contributed by atoms with van der Waals surface area (Å²) in [5, 5.41) is 47.8. The first kappa shape index (κ1) is 64.7. The molecular formula is C54H80N13O15S+. The number of amides is 9. The van der Waals surface area contributed by atoms with Gasteiger partial charge < -0.3 is 79.6 Å². The third-order valence-corrected chi connectivity index (χ3v) is 18.2. The second-order valence-corrected chi connectivity index (χ2v) is 24.3. The Bertz CT molecular complexity index is 2810. The van der Waals surface area contributed by atoms with E-state index in [1.165, 1.54) is 64.4 Å². The number of carboxylic acid groups (broad SMARTS) is 1. The zero-order valence-corrected chi connectivity index (χ0v) is 47.9. The number of hydrogen-bond donors (Lipinski definition) is 14. The monoisotopic (exact) mass is 1180 g/mol. The van der Waals surface area contributed by atoms with Crippen molar-refractivity contribution in [2.45, 2.75) is 125 Å². The van der Waals surface area contributed by atoms with Gasteiger partial charge in [-0.25, -0.2) is 3.89 Å². The number of carbonyl (C=O) groups is 10. The number of primary amides is 1. The molecule has 4 fully saturated rings. The Morgan fingerprint density at radius 2 is 1.19 bits per heavy atom. The molecule has 0 bridgehead atoms. The molecule has 1 saturated carbocycles. The Balaban J connectivity index is 1.14. The van der Waals surface area contributed by atoms with Crippen molar-refractivity contribution < 1.29 is 75.2 Å². The summed E-state index contributed by atoms with van der Waals surface area (Å²) in [6.45, 7) is 3.03. The van der Waals surface area contributed by atoms with Crippen molar-refractivity contribution in [3.8, 4) is 11.5 Å². The van der Waals surface area contributed by atoms with Crippen LogP contribution in [0.1, 0.15) is 70.8 Å². The SMILES string of the molecule is COc1ccc(S(=O)(=O)[N+]2(C)CC(NC(C)=O)C(C(=O)N[C@H](CCCCN)C(=O)NC3CNCC3C(=O)N[C@H](Cc3ccc(O)cc3)C(=O)NC3CCCC3C(=O)N[C@H](CCC(=O)O)C(=O)NC3CNCC3C(=O)N[C@H](C)C(N)=O)C2)cc1. The lowest BCUT2D eigenvalue weighted by Crippen LogP contribution is -2.58. The number of nitrogens with one attached hydrogen (secondary N) is 10. The van der Waals surface area contributed by atoms with E-state index in [9.17, 15) is 66.6 Å². The highest BCUT2D eigenvalue weighted by molar-refractivity contribution is 7.86. The number of unbranched alkanes of at least 4 members (excludes halogenated alkanes) is 1. The number of nitrogens with zero attached hydrogens (tertiary/aromatic N) is 1. The summed E-state index contributed by atoms with van der Waals surface area (Å²) >= 11 is 0. The van der Waals surface area contributed by atoms with E-state index in [4.69, 9.17) is 16.2 Å². The van der Waals surface area contributed by atoms with E-state index in [0.29, 0.717) is 37.0 Å². The number of aromatic hydroxyl groups is 1. The zero-order chi connectivity index (χ0) is 60.8. The normalized spacial score (nSPS) is 25.3. The largest absolute Gasteiger partial charge is 0.508 e. The van der Waals surface area contributed by atoms with Gasteiger partial charge >= 0.3 is 16.0 Å². The summed E-state index contributed by atoms with van der Waals surface area (Å²) in [5.41, 5.74) is 11.6. The molecule has 9 unspecified atom stereocenters. The summed E-state index contributed by atoms with van der Waals surface area (Å²) < 4.78 is 32.8. The van der Waals surface area contributed by atoms with Gasteiger partial charge in [0.05, 0.1) is 50.0 Å². The van der Waals surface area contributed by atoms with Crippen LogP contribution in [0, 0.1) is 23.7 Å². The number of methoxy groups -OCH3 is 1. The third-order valence-electron chi connectivity index (χ3n) is 15.9.